The average Bonchev–Trinajstić information content (AvgIpc) is 2.58. The van der Waals surface area contributed by atoms with E-state index in [1.807, 2.05) is 0 Å². The van der Waals surface area contributed by atoms with Crippen LogP contribution < -0.4 is 0 Å². The standard InChI is InChI=1S/C12H16NO6PS.K.H/c1-8-12(2,5-6-20(14,15)16)10-7-9(21(17,18)19)3-4-11(10)13-8;;/h3-4,7H,5-6H2,1-2H3,(H2,14,15,16)(H,17,18,19);;. The average molecular weight is 373 g/mol. The minimum absolute atomic E-state index is 0. The molecule has 1 aromatic carbocycles. The molecule has 22 heavy (non-hydrogen) atoms. The van der Waals surface area contributed by atoms with Gasteiger partial charge < -0.3 is 9.79 Å². The minimum atomic E-state index is -4.34. The summed E-state index contributed by atoms with van der Waals surface area (Å²) in [5.74, 6) is 0. The molecule has 0 spiro atoms. The Morgan fingerprint density at radius 1 is 1.32 bits per heavy atom. The summed E-state index contributed by atoms with van der Waals surface area (Å²) in [7, 11) is -8.51. The number of hydrogen-bond donors (Lipinski definition) is 3. The molecule has 1 aliphatic rings. The van der Waals surface area contributed by atoms with Crippen LogP contribution >= 0.6 is 7.60 Å². The molecule has 2 rings (SSSR count). The Bertz CT molecular complexity index is 772. The summed E-state index contributed by atoms with van der Waals surface area (Å²) >= 11 is 0. The summed E-state index contributed by atoms with van der Waals surface area (Å²) in [5, 5.41) is 0. The summed E-state index contributed by atoms with van der Waals surface area (Å²) in [6.07, 6.45) is -0.194. The van der Waals surface area contributed by atoms with Crippen LogP contribution in [0.5, 0.6) is 0 Å². The van der Waals surface area contributed by atoms with Crippen molar-refractivity contribution in [2.75, 3.05) is 6.16 Å². The Labute approximate surface area is 171 Å². The van der Waals surface area contributed by atoms with Gasteiger partial charge in [0.1, 0.15) is 0 Å². The topological polar surface area (TPSA) is 124 Å². The first-order valence-electron chi connectivity index (χ1n) is 6.16. The molecule has 118 valence electrons. The Hall–Kier alpha value is 0.586. The summed E-state index contributed by atoms with van der Waals surface area (Å²) in [6, 6.07) is 4.04. The van der Waals surface area contributed by atoms with Crippen molar-refractivity contribution >= 4 is 80.5 Å². The van der Waals surface area contributed by atoms with E-state index in [1.54, 1.807) is 13.8 Å². The molecule has 7 nitrogen and oxygen atoms in total. The quantitative estimate of drug-likeness (QED) is 0.414. The van der Waals surface area contributed by atoms with E-state index in [0.717, 1.165) is 0 Å². The second-order valence-corrected chi connectivity index (χ2v) is 8.52. The van der Waals surface area contributed by atoms with Gasteiger partial charge in [-0.25, -0.2) is 0 Å². The number of nitrogens with zero attached hydrogens (tertiary/aromatic N) is 1. The zero-order chi connectivity index (χ0) is 16.1. The summed E-state index contributed by atoms with van der Waals surface area (Å²) in [4.78, 5) is 22.2. The third kappa shape index (κ3) is 4.35. The molecule has 0 amide bonds. The van der Waals surface area contributed by atoms with Gasteiger partial charge in [-0.05, 0) is 37.1 Å². The van der Waals surface area contributed by atoms with E-state index in [-0.39, 0.29) is 68.9 Å². The van der Waals surface area contributed by atoms with Crippen LogP contribution in [-0.4, -0.2) is 86.0 Å². The van der Waals surface area contributed by atoms with Crippen molar-refractivity contribution in [3.8, 4) is 0 Å². The molecule has 0 fully saturated rings. The third-order valence-corrected chi connectivity index (χ3v) is 5.51. The first-order valence-corrected chi connectivity index (χ1v) is 9.40. The molecule has 1 aromatic rings. The van der Waals surface area contributed by atoms with Crippen LogP contribution in [0.3, 0.4) is 0 Å². The molecule has 1 atom stereocenters. The van der Waals surface area contributed by atoms with Gasteiger partial charge >= 0.3 is 59.0 Å². The van der Waals surface area contributed by atoms with Crippen LogP contribution in [-0.2, 0) is 20.1 Å². The van der Waals surface area contributed by atoms with E-state index in [4.69, 9.17) is 14.3 Å². The zero-order valence-electron chi connectivity index (χ0n) is 11.5. The van der Waals surface area contributed by atoms with E-state index >= 15 is 0 Å². The molecule has 10 heteroatoms. The SMILES string of the molecule is CC1=Nc2ccc(S(=O)(=O)O)cc2C1(C)CCP(=O)(O)O.[KH]. The fourth-order valence-corrected chi connectivity index (χ4v) is 3.64. The van der Waals surface area contributed by atoms with Crippen LogP contribution in [0.1, 0.15) is 25.8 Å². The maximum atomic E-state index is 11.2. The Morgan fingerprint density at radius 3 is 2.41 bits per heavy atom. The molecule has 1 unspecified atom stereocenters. The van der Waals surface area contributed by atoms with Crippen molar-refractivity contribution in [1.29, 1.82) is 0 Å². The number of rotatable bonds is 4. The van der Waals surface area contributed by atoms with Crippen molar-refractivity contribution in [1.82, 2.24) is 0 Å². The fraction of sp³-hybridized carbons (Fsp3) is 0.417. The van der Waals surface area contributed by atoms with Crippen molar-refractivity contribution in [2.24, 2.45) is 4.99 Å². The molecular formula is C12H17KNO6PS. The summed E-state index contributed by atoms with van der Waals surface area (Å²) in [5.41, 5.74) is 0.979. The van der Waals surface area contributed by atoms with E-state index in [1.165, 1.54) is 18.2 Å². The molecule has 3 N–H and O–H groups in total. The first kappa shape index (κ1) is 20.6. The van der Waals surface area contributed by atoms with Crippen LogP contribution in [0, 0.1) is 0 Å². The molecular weight excluding hydrogens is 356 g/mol. The first-order chi connectivity index (χ1) is 9.43. The molecule has 0 saturated carbocycles. The molecule has 0 saturated heterocycles. The van der Waals surface area contributed by atoms with E-state index in [0.29, 0.717) is 17.0 Å². The van der Waals surface area contributed by atoms with Gasteiger partial charge in [-0.15, -0.1) is 0 Å². The Balaban J connectivity index is 0.00000242. The second-order valence-electron chi connectivity index (χ2n) is 5.32. The van der Waals surface area contributed by atoms with Gasteiger partial charge in [0.25, 0.3) is 10.1 Å². The summed E-state index contributed by atoms with van der Waals surface area (Å²) in [6.45, 7) is 3.48. The predicted octanol–water partition coefficient (Wildman–Crippen LogP) is 1.22. The van der Waals surface area contributed by atoms with Gasteiger partial charge in [-0.1, -0.05) is 6.92 Å². The van der Waals surface area contributed by atoms with Gasteiger partial charge in [-0.3, -0.25) is 14.1 Å². The van der Waals surface area contributed by atoms with E-state index in [2.05, 4.69) is 4.99 Å². The molecule has 0 aromatic heterocycles. The monoisotopic (exact) mass is 373 g/mol. The fourth-order valence-electron chi connectivity index (χ4n) is 2.40. The van der Waals surface area contributed by atoms with Crippen molar-refractivity contribution in [3.05, 3.63) is 23.8 Å². The molecule has 0 bridgehead atoms. The van der Waals surface area contributed by atoms with Crippen LogP contribution in [0.2, 0.25) is 0 Å². The van der Waals surface area contributed by atoms with Crippen LogP contribution in [0.25, 0.3) is 0 Å². The van der Waals surface area contributed by atoms with Gasteiger partial charge in [0.2, 0.25) is 0 Å². The zero-order valence-corrected chi connectivity index (χ0v) is 13.2. The molecule has 0 aliphatic carbocycles. The molecule has 0 radical (unpaired) electrons. The van der Waals surface area contributed by atoms with Gasteiger partial charge in [0, 0.05) is 11.1 Å². The second kappa shape index (κ2) is 6.83. The van der Waals surface area contributed by atoms with Crippen molar-refractivity contribution in [3.63, 3.8) is 0 Å². The Morgan fingerprint density at radius 2 is 1.91 bits per heavy atom. The number of aliphatic imine (C=N–C) groups is 1. The molecule has 1 heterocycles. The van der Waals surface area contributed by atoms with Gasteiger partial charge in [0.15, 0.2) is 0 Å². The van der Waals surface area contributed by atoms with Crippen LogP contribution in [0.4, 0.5) is 5.69 Å². The van der Waals surface area contributed by atoms with Crippen molar-refractivity contribution < 1.29 is 27.3 Å². The Kier molecular flexibility index (Phi) is 6.41. The van der Waals surface area contributed by atoms with E-state index in [9.17, 15) is 13.0 Å². The van der Waals surface area contributed by atoms with Gasteiger partial charge in [-0.2, -0.15) is 8.42 Å². The molecule has 1 aliphatic heterocycles. The normalized spacial score (nSPS) is 21.0. The number of fused-ring (bicyclic) bond motifs is 1. The third-order valence-electron chi connectivity index (χ3n) is 3.85. The maximum absolute atomic E-state index is 11.2. The number of hydrogen-bond acceptors (Lipinski definition) is 4. The van der Waals surface area contributed by atoms with Crippen molar-refractivity contribution in [2.45, 2.75) is 30.6 Å². The van der Waals surface area contributed by atoms with Crippen LogP contribution in [0.15, 0.2) is 28.1 Å². The van der Waals surface area contributed by atoms with Gasteiger partial charge in [0.05, 0.1) is 16.7 Å². The summed E-state index contributed by atoms with van der Waals surface area (Å²) < 4.78 is 42.7. The number of benzene rings is 1. The predicted molar refractivity (Wildman–Crippen MR) is 85.1 cm³/mol. The van der Waals surface area contributed by atoms with E-state index < -0.39 is 23.1 Å².